The summed E-state index contributed by atoms with van der Waals surface area (Å²) in [7, 11) is 0. The second-order valence-electron chi connectivity index (χ2n) is 4.65. The minimum Gasteiger partial charge on any atom is -0.381 e. The maximum atomic E-state index is 5.49. The van der Waals surface area contributed by atoms with E-state index in [1.807, 2.05) is 0 Å². The van der Waals surface area contributed by atoms with E-state index in [4.69, 9.17) is 5.73 Å². The van der Waals surface area contributed by atoms with E-state index in [1.54, 1.807) is 11.0 Å². The third kappa shape index (κ3) is 1.61. The zero-order valence-electron chi connectivity index (χ0n) is 8.26. The van der Waals surface area contributed by atoms with Gasteiger partial charge < -0.3 is 5.73 Å². The lowest BCUT2D eigenvalue weighted by molar-refractivity contribution is 0.469. The monoisotopic (exact) mass is 192 g/mol. The molecule has 0 radical (unpaired) electrons. The van der Waals surface area contributed by atoms with Crippen LogP contribution < -0.4 is 5.73 Å². The molecule has 2 aliphatic carbocycles. The number of anilines is 1. The van der Waals surface area contributed by atoms with Crippen LogP contribution in [0.5, 0.6) is 0 Å². The molecule has 1 aromatic heterocycles. The quantitative estimate of drug-likeness (QED) is 0.782. The number of nitrogen functional groups attached to an aromatic ring is 1. The van der Waals surface area contributed by atoms with Crippen molar-refractivity contribution in [3.8, 4) is 0 Å². The summed E-state index contributed by atoms with van der Waals surface area (Å²) in [4.78, 5) is 1.72. The van der Waals surface area contributed by atoms with Crippen LogP contribution in [0.15, 0.2) is 6.20 Å². The van der Waals surface area contributed by atoms with Crippen molar-refractivity contribution < 1.29 is 0 Å². The number of nitrogens with two attached hydrogens (primary N) is 1. The average molecular weight is 192 g/mol. The van der Waals surface area contributed by atoms with Crippen molar-refractivity contribution in [2.45, 2.75) is 32.2 Å². The SMILES string of the molecule is Nc1cnn(CCC2CC2C2CC2)n1. The number of aryl methyl sites for hydroxylation is 1. The number of aromatic nitrogens is 3. The van der Waals surface area contributed by atoms with Crippen molar-refractivity contribution in [1.29, 1.82) is 0 Å². The predicted molar refractivity (Wildman–Crippen MR) is 53.4 cm³/mol. The van der Waals surface area contributed by atoms with Gasteiger partial charge in [-0.3, -0.25) is 0 Å². The Morgan fingerprint density at radius 3 is 3.00 bits per heavy atom. The molecule has 1 aromatic rings. The summed E-state index contributed by atoms with van der Waals surface area (Å²) in [6.07, 6.45) is 7.25. The molecular weight excluding hydrogens is 176 g/mol. The molecule has 2 aliphatic rings. The number of nitrogens with zero attached hydrogens (tertiary/aromatic N) is 3. The Morgan fingerprint density at radius 2 is 2.36 bits per heavy atom. The third-order valence-corrected chi connectivity index (χ3v) is 3.46. The molecule has 2 fully saturated rings. The summed E-state index contributed by atoms with van der Waals surface area (Å²) >= 11 is 0. The molecule has 4 nitrogen and oxygen atoms in total. The molecule has 4 heteroatoms. The summed E-state index contributed by atoms with van der Waals surface area (Å²) in [6.45, 7) is 0.936. The van der Waals surface area contributed by atoms with Gasteiger partial charge in [0.1, 0.15) is 0 Å². The van der Waals surface area contributed by atoms with Crippen LogP contribution in [0.2, 0.25) is 0 Å². The van der Waals surface area contributed by atoms with E-state index >= 15 is 0 Å². The lowest BCUT2D eigenvalue weighted by Crippen LogP contribution is -2.04. The molecule has 76 valence electrons. The summed E-state index contributed by atoms with van der Waals surface area (Å²) in [5.41, 5.74) is 5.49. The predicted octanol–water partition coefficient (Wildman–Crippen LogP) is 1.30. The Kier molecular flexibility index (Phi) is 1.75. The number of rotatable bonds is 4. The van der Waals surface area contributed by atoms with E-state index in [-0.39, 0.29) is 0 Å². The molecular formula is C10H16N4. The van der Waals surface area contributed by atoms with Gasteiger partial charge in [0.15, 0.2) is 5.82 Å². The first-order chi connectivity index (χ1) is 6.83. The zero-order valence-corrected chi connectivity index (χ0v) is 8.26. The van der Waals surface area contributed by atoms with Gasteiger partial charge in [-0.1, -0.05) is 0 Å². The van der Waals surface area contributed by atoms with Gasteiger partial charge in [0, 0.05) is 0 Å². The van der Waals surface area contributed by atoms with Gasteiger partial charge in [-0.05, 0) is 43.4 Å². The molecule has 14 heavy (non-hydrogen) atoms. The van der Waals surface area contributed by atoms with Crippen molar-refractivity contribution in [1.82, 2.24) is 15.0 Å². The molecule has 3 rings (SSSR count). The van der Waals surface area contributed by atoms with Gasteiger partial charge >= 0.3 is 0 Å². The van der Waals surface area contributed by atoms with E-state index in [1.165, 1.54) is 25.7 Å². The first-order valence-electron chi connectivity index (χ1n) is 5.48. The van der Waals surface area contributed by atoms with Crippen LogP contribution in [-0.4, -0.2) is 15.0 Å². The van der Waals surface area contributed by atoms with Gasteiger partial charge in [-0.2, -0.15) is 9.90 Å². The third-order valence-electron chi connectivity index (χ3n) is 3.46. The highest BCUT2D eigenvalue weighted by atomic mass is 15.5. The van der Waals surface area contributed by atoms with Gasteiger partial charge in [0.05, 0.1) is 12.7 Å². The largest absolute Gasteiger partial charge is 0.381 e. The first-order valence-corrected chi connectivity index (χ1v) is 5.48. The van der Waals surface area contributed by atoms with Crippen LogP contribution >= 0.6 is 0 Å². The molecule has 0 saturated heterocycles. The number of hydrogen-bond acceptors (Lipinski definition) is 3. The first kappa shape index (κ1) is 8.26. The fourth-order valence-electron chi connectivity index (χ4n) is 2.40. The van der Waals surface area contributed by atoms with Crippen molar-refractivity contribution in [3.63, 3.8) is 0 Å². The van der Waals surface area contributed by atoms with Crippen molar-refractivity contribution >= 4 is 5.82 Å². The number of hydrogen-bond donors (Lipinski definition) is 1. The Bertz CT molecular complexity index is 329. The topological polar surface area (TPSA) is 56.7 Å². The molecule has 0 spiro atoms. The zero-order chi connectivity index (χ0) is 9.54. The van der Waals surface area contributed by atoms with Crippen molar-refractivity contribution in [2.75, 3.05) is 5.73 Å². The maximum Gasteiger partial charge on any atom is 0.165 e. The lowest BCUT2D eigenvalue weighted by Gasteiger charge is -1.98. The minimum absolute atomic E-state index is 0.527. The molecule has 2 unspecified atom stereocenters. The lowest BCUT2D eigenvalue weighted by atomic mass is 10.2. The minimum atomic E-state index is 0.527. The summed E-state index contributed by atoms with van der Waals surface area (Å²) in [5.74, 6) is 3.60. The van der Waals surface area contributed by atoms with Gasteiger partial charge in [-0.25, -0.2) is 0 Å². The Hall–Kier alpha value is -1.06. The standard InChI is InChI=1S/C10H16N4/c11-10-6-12-14(13-10)4-3-8-5-9(8)7-1-2-7/h6-9H,1-5H2,(H2,11,13). The fraction of sp³-hybridized carbons (Fsp3) is 0.800. The summed E-state index contributed by atoms with van der Waals surface area (Å²) in [6, 6.07) is 0. The highest BCUT2D eigenvalue weighted by molar-refractivity contribution is 5.19. The molecule has 0 aromatic carbocycles. The van der Waals surface area contributed by atoms with Crippen LogP contribution in [0.1, 0.15) is 25.7 Å². The van der Waals surface area contributed by atoms with Gasteiger partial charge in [-0.15, -0.1) is 5.10 Å². The smallest absolute Gasteiger partial charge is 0.165 e. The van der Waals surface area contributed by atoms with Crippen LogP contribution in [0.4, 0.5) is 5.82 Å². The average Bonchev–Trinajstić information content (AvgIpc) is 3.03. The molecule has 2 atom stereocenters. The van der Waals surface area contributed by atoms with Crippen molar-refractivity contribution in [3.05, 3.63) is 6.20 Å². The van der Waals surface area contributed by atoms with Crippen molar-refractivity contribution in [2.24, 2.45) is 17.8 Å². The van der Waals surface area contributed by atoms with Crippen LogP contribution in [0.3, 0.4) is 0 Å². The normalized spacial score (nSPS) is 30.6. The molecule has 0 amide bonds. The van der Waals surface area contributed by atoms with E-state index in [2.05, 4.69) is 10.2 Å². The second-order valence-corrected chi connectivity index (χ2v) is 4.65. The molecule has 2 saturated carbocycles. The summed E-state index contributed by atoms with van der Waals surface area (Å²) in [5, 5.41) is 8.16. The molecule has 0 bridgehead atoms. The second kappa shape index (κ2) is 2.97. The van der Waals surface area contributed by atoms with Gasteiger partial charge in [0.25, 0.3) is 0 Å². The summed E-state index contributed by atoms with van der Waals surface area (Å²) < 4.78 is 0. The van der Waals surface area contributed by atoms with Gasteiger partial charge in [0.2, 0.25) is 0 Å². The molecule has 1 heterocycles. The highest BCUT2D eigenvalue weighted by Gasteiger charge is 2.46. The van der Waals surface area contributed by atoms with E-state index in [0.29, 0.717) is 5.82 Å². The Balaban J connectivity index is 1.46. The van der Waals surface area contributed by atoms with E-state index in [9.17, 15) is 0 Å². The van der Waals surface area contributed by atoms with E-state index in [0.717, 1.165) is 24.3 Å². The highest BCUT2D eigenvalue weighted by Crippen LogP contribution is 2.55. The molecule has 2 N–H and O–H groups in total. The van der Waals surface area contributed by atoms with Crippen LogP contribution in [-0.2, 0) is 6.54 Å². The maximum absolute atomic E-state index is 5.49. The molecule has 0 aliphatic heterocycles. The Labute approximate surface area is 83.5 Å². The Morgan fingerprint density at radius 1 is 1.50 bits per heavy atom. The van der Waals surface area contributed by atoms with Crippen LogP contribution in [0.25, 0.3) is 0 Å². The van der Waals surface area contributed by atoms with E-state index < -0.39 is 0 Å². The fourth-order valence-corrected chi connectivity index (χ4v) is 2.40. The van der Waals surface area contributed by atoms with Crippen LogP contribution in [0, 0.1) is 17.8 Å².